The zero-order valence-corrected chi connectivity index (χ0v) is 19.6. The standard InChI is InChI=1S/C24H24N4O5S/c1-5-9-33-20(29)8-7-15-13(4)17(11-18-12(3)14(6-2)21(30)26-18)25-19(15)10-16-22(31)27-24(34)28-23(16)32/h5-6,10-11,25H,1-2,7-9H2,3-4H3,(H3,27,28,31,32,34)/b17-11-,19-10-. The SMILES string of the molecule is C=CCOC(=O)CCc1c(C)/c(=C/C2=NC(=O)C(C=C)=C2C)[nH]/c1=C\c1c(O)[nH]c(=S)[nH]c1=O. The van der Waals surface area contributed by atoms with Gasteiger partial charge in [0, 0.05) is 22.7 Å². The molecule has 10 heteroatoms. The van der Waals surface area contributed by atoms with E-state index in [4.69, 9.17) is 17.0 Å². The van der Waals surface area contributed by atoms with Crippen molar-refractivity contribution in [2.45, 2.75) is 26.7 Å². The van der Waals surface area contributed by atoms with Crippen molar-refractivity contribution in [1.82, 2.24) is 15.0 Å². The lowest BCUT2D eigenvalue weighted by Gasteiger charge is -2.03. The number of esters is 1. The minimum atomic E-state index is -0.574. The highest BCUT2D eigenvalue weighted by molar-refractivity contribution is 7.71. The maximum absolute atomic E-state index is 12.4. The molecule has 0 radical (unpaired) electrons. The van der Waals surface area contributed by atoms with Gasteiger partial charge in [-0.1, -0.05) is 25.3 Å². The summed E-state index contributed by atoms with van der Waals surface area (Å²) in [6.07, 6.45) is 6.53. The number of amides is 1. The van der Waals surface area contributed by atoms with E-state index in [1.165, 1.54) is 18.2 Å². The van der Waals surface area contributed by atoms with Gasteiger partial charge >= 0.3 is 5.97 Å². The van der Waals surface area contributed by atoms with E-state index in [9.17, 15) is 19.5 Å². The fourth-order valence-corrected chi connectivity index (χ4v) is 3.74. The molecule has 4 N–H and O–H groups in total. The zero-order chi connectivity index (χ0) is 25.0. The number of H-pyrrole nitrogens is 3. The molecule has 34 heavy (non-hydrogen) atoms. The van der Waals surface area contributed by atoms with Crippen LogP contribution in [0.15, 0.2) is 46.2 Å². The van der Waals surface area contributed by atoms with Gasteiger partial charge in [-0.3, -0.25) is 19.4 Å². The van der Waals surface area contributed by atoms with E-state index in [-0.39, 0.29) is 35.1 Å². The second-order valence-electron chi connectivity index (χ2n) is 7.53. The van der Waals surface area contributed by atoms with E-state index in [0.717, 1.165) is 11.1 Å². The number of hydrogen-bond donors (Lipinski definition) is 4. The van der Waals surface area contributed by atoms with Crippen LogP contribution in [-0.4, -0.2) is 44.3 Å². The van der Waals surface area contributed by atoms with E-state index in [1.807, 2.05) is 6.92 Å². The Morgan fingerprint density at radius 3 is 2.50 bits per heavy atom. The van der Waals surface area contributed by atoms with Crippen molar-refractivity contribution >= 4 is 42.0 Å². The number of aromatic nitrogens is 3. The number of carbonyl (C=O) groups is 2. The van der Waals surface area contributed by atoms with Gasteiger partial charge in [-0.2, -0.15) is 0 Å². The summed E-state index contributed by atoms with van der Waals surface area (Å²) in [7, 11) is 0. The van der Waals surface area contributed by atoms with Gasteiger partial charge in [0.1, 0.15) is 12.2 Å². The summed E-state index contributed by atoms with van der Waals surface area (Å²) in [5, 5.41) is 11.4. The zero-order valence-electron chi connectivity index (χ0n) is 18.8. The highest BCUT2D eigenvalue weighted by Crippen LogP contribution is 2.18. The van der Waals surface area contributed by atoms with Crippen LogP contribution in [0.1, 0.15) is 30.0 Å². The number of nitrogens with one attached hydrogen (secondary N) is 3. The molecule has 2 aromatic rings. The van der Waals surface area contributed by atoms with E-state index in [1.54, 1.807) is 13.0 Å². The summed E-state index contributed by atoms with van der Waals surface area (Å²) >= 11 is 4.88. The Bertz CT molecular complexity index is 1500. The average molecular weight is 481 g/mol. The molecule has 2 aromatic heterocycles. The first-order valence-electron chi connectivity index (χ1n) is 10.4. The number of rotatable bonds is 8. The summed E-state index contributed by atoms with van der Waals surface area (Å²) in [6.45, 7) is 10.9. The highest BCUT2D eigenvalue weighted by atomic mass is 32.1. The second-order valence-corrected chi connectivity index (χ2v) is 7.94. The van der Waals surface area contributed by atoms with Gasteiger partial charge in [0.15, 0.2) is 4.77 Å². The topological polar surface area (TPSA) is 140 Å². The predicted octanol–water partition coefficient (Wildman–Crippen LogP) is 1.53. The van der Waals surface area contributed by atoms with E-state index in [0.29, 0.717) is 34.0 Å². The molecule has 1 aliphatic rings. The van der Waals surface area contributed by atoms with Gasteiger partial charge in [-0.25, -0.2) is 4.99 Å². The summed E-state index contributed by atoms with van der Waals surface area (Å²) in [4.78, 5) is 48.7. The van der Waals surface area contributed by atoms with Crippen LogP contribution in [0.4, 0.5) is 0 Å². The Balaban J connectivity index is 2.17. The molecule has 0 spiro atoms. The first kappa shape index (κ1) is 24.6. The number of carbonyl (C=O) groups excluding carboxylic acids is 2. The van der Waals surface area contributed by atoms with E-state index in [2.05, 4.69) is 33.1 Å². The maximum atomic E-state index is 12.4. The molecular formula is C24H24N4O5S. The molecule has 3 rings (SSSR count). The summed E-state index contributed by atoms with van der Waals surface area (Å²) in [5.41, 5.74) is 2.53. The normalized spacial score (nSPS) is 14.5. The Morgan fingerprint density at radius 2 is 1.88 bits per heavy atom. The molecule has 1 amide bonds. The smallest absolute Gasteiger partial charge is 0.306 e. The molecule has 1 aliphatic heterocycles. The number of aromatic amines is 3. The fourth-order valence-electron chi connectivity index (χ4n) is 3.55. The third-order valence-corrected chi connectivity index (χ3v) is 5.57. The van der Waals surface area contributed by atoms with Crippen LogP contribution in [0.5, 0.6) is 5.88 Å². The van der Waals surface area contributed by atoms with Crippen LogP contribution in [-0.2, 0) is 20.7 Å². The van der Waals surface area contributed by atoms with E-state index < -0.39 is 11.5 Å². The first-order chi connectivity index (χ1) is 16.2. The van der Waals surface area contributed by atoms with Crippen LogP contribution in [0, 0.1) is 11.7 Å². The number of aliphatic imine (C=N–C) groups is 1. The molecule has 0 fully saturated rings. The predicted molar refractivity (Wildman–Crippen MR) is 132 cm³/mol. The van der Waals surface area contributed by atoms with Crippen molar-refractivity contribution in [3.8, 4) is 5.88 Å². The van der Waals surface area contributed by atoms with Crippen LogP contribution < -0.4 is 16.3 Å². The Hall–Kier alpha value is -4.05. The number of hydrogen-bond acceptors (Lipinski definition) is 6. The van der Waals surface area contributed by atoms with Crippen molar-refractivity contribution in [3.63, 3.8) is 0 Å². The monoisotopic (exact) mass is 480 g/mol. The fraction of sp³-hybridized carbons (Fsp3) is 0.208. The number of ether oxygens (including phenoxy) is 1. The average Bonchev–Trinajstić information content (AvgIpc) is 3.22. The van der Waals surface area contributed by atoms with Crippen LogP contribution in [0.2, 0.25) is 0 Å². The van der Waals surface area contributed by atoms with E-state index >= 15 is 0 Å². The quantitative estimate of drug-likeness (QED) is 0.257. The van der Waals surface area contributed by atoms with Gasteiger partial charge in [0.2, 0.25) is 5.88 Å². The molecule has 0 unspecified atom stereocenters. The molecule has 0 aliphatic carbocycles. The molecule has 0 saturated heterocycles. The molecule has 0 atom stereocenters. The Morgan fingerprint density at radius 1 is 1.15 bits per heavy atom. The minimum Gasteiger partial charge on any atom is -0.494 e. The Kier molecular flexibility index (Phi) is 7.42. The molecule has 9 nitrogen and oxygen atoms in total. The van der Waals surface area contributed by atoms with Gasteiger partial charge in [-0.15, -0.1) is 0 Å². The number of aromatic hydroxyl groups is 1. The lowest BCUT2D eigenvalue weighted by Crippen LogP contribution is -2.18. The molecular weight excluding hydrogens is 456 g/mol. The van der Waals surface area contributed by atoms with Crippen LogP contribution >= 0.6 is 12.2 Å². The third-order valence-electron chi connectivity index (χ3n) is 5.37. The van der Waals surface area contributed by atoms with Gasteiger partial charge < -0.3 is 19.8 Å². The summed E-state index contributed by atoms with van der Waals surface area (Å²) in [5.74, 6) is -1.15. The number of allylic oxidation sites excluding steroid dienone is 1. The van der Waals surface area contributed by atoms with Crippen molar-refractivity contribution in [3.05, 3.63) is 79.0 Å². The third kappa shape index (κ3) is 5.12. The number of nitrogens with zero attached hydrogens (tertiary/aromatic N) is 1. The maximum Gasteiger partial charge on any atom is 0.306 e. The van der Waals surface area contributed by atoms with Crippen molar-refractivity contribution in [2.24, 2.45) is 4.99 Å². The van der Waals surface area contributed by atoms with Gasteiger partial charge in [0.05, 0.1) is 5.71 Å². The Labute approximate surface area is 199 Å². The molecule has 0 saturated carbocycles. The van der Waals surface area contributed by atoms with Crippen LogP contribution in [0.25, 0.3) is 12.2 Å². The summed E-state index contributed by atoms with van der Waals surface area (Å²) in [6, 6.07) is 0. The molecule has 176 valence electrons. The lowest BCUT2D eigenvalue weighted by atomic mass is 10.0. The van der Waals surface area contributed by atoms with Crippen molar-refractivity contribution in [2.75, 3.05) is 6.61 Å². The van der Waals surface area contributed by atoms with Gasteiger partial charge in [0.25, 0.3) is 11.5 Å². The molecule has 0 bridgehead atoms. The lowest BCUT2D eigenvalue weighted by molar-refractivity contribution is -0.142. The molecule has 0 aromatic carbocycles. The molecule has 3 heterocycles. The first-order valence-corrected chi connectivity index (χ1v) is 10.8. The summed E-state index contributed by atoms with van der Waals surface area (Å²) < 4.78 is 5.05. The minimum absolute atomic E-state index is 0.00859. The van der Waals surface area contributed by atoms with Crippen molar-refractivity contribution < 1.29 is 19.4 Å². The van der Waals surface area contributed by atoms with Crippen LogP contribution in [0.3, 0.4) is 0 Å². The highest BCUT2D eigenvalue weighted by Gasteiger charge is 2.20. The second kappa shape index (κ2) is 10.3. The van der Waals surface area contributed by atoms with Crippen molar-refractivity contribution in [1.29, 1.82) is 0 Å². The van der Waals surface area contributed by atoms with Gasteiger partial charge in [-0.05, 0) is 61.3 Å². The largest absolute Gasteiger partial charge is 0.494 e.